The third kappa shape index (κ3) is 6.46. The normalized spacial score (nSPS) is 10.2. The lowest BCUT2D eigenvalue weighted by Gasteiger charge is -2.17. The molecule has 0 aliphatic carbocycles. The van der Waals surface area contributed by atoms with Crippen LogP contribution in [-0.4, -0.2) is 38.3 Å². The van der Waals surface area contributed by atoms with Gasteiger partial charge in [-0.1, -0.05) is 13.8 Å². The first-order valence-electron chi connectivity index (χ1n) is 4.82. The van der Waals surface area contributed by atoms with Crippen LogP contribution in [0.5, 0.6) is 0 Å². The quantitative estimate of drug-likeness (QED) is 0.427. The molecule has 0 saturated heterocycles. The standard InChI is InChI=1S/C10H21NO2/c1-5-11(6-2)8-7-9-13-10(3)12-4/h3,5-9H2,1-2,4H3. The molecule has 0 spiro atoms. The zero-order chi connectivity index (χ0) is 10.1. The van der Waals surface area contributed by atoms with Crippen LogP contribution in [0, 0.1) is 0 Å². The van der Waals surface area contributed by atoms with Crippen molar-refractivity contribution in [1.82, 2.24) is 4.90 Å². The van der Waals surface area contributed by atoms with Gasteiger partial charge in [0.25, 0.3) is 5.95 Å². The Hall–Kier alpha value is -0.700. The lowest BCUT2D eigenvalue weighted by atomic mass is 10.4. The highest BCUT2D eigenvalue weighted by Crippen LogP contribution is 1.96. The van der Waals surface area contributed by atoms with E-state index in [2.05, 4.69) is 25.3 Å². The van der Waals surface area contributed by atoms with E-state index in [1.54, 1.807) is 7.11 Å². The Labute approximate surface area is 81.3 Å². The maximum absolute atomic E-state index is 5.19. The summed E-state index contributed by atoms with van der Waals surface area (Å²) in [4.78, 5) is 2.36. The van der Waals surface area contributed by atoms with E-state index in [-0.39, 0.29) is 0 Å². The molecule has 0 aromatic carbocycles. The van der Waals surface area contributed by atoms with E-state index < -0.39 is 0 Å². The minimum absolute atomic E-state index is 0.402. The van der Waals surface area contributed by atoms with E-state index in [1.165, 1.54) is 0 Å². The number of hydrogen-bond donors (Lipinski definition) is 0. The zero-order valence-electron chi connectivity index (χ0n) is 9.01. The average molecular weight is 187 g/mol. The molecule has 0 aliphatic heterocycles. The fourth-order valence-electron chi connectivity index (χ4n) is 1.07. The molecule has 0 fully saturated rings. The molecule has 0 atom stereocenters. The highest BCUT2D eigenvalue weighted by Gasteiger charge is 1.98. The zero-order valence-corrected chi connectivity index (χ0v) is 9.01. The molecule has 0 heterocycles. The van der Waals surface area contributed by atoms with Crippen LogP contribution in [-0.2, 0) is 9.47 Å². The first-order valence-corrected chi connectivity index (χ1v) is 4.82. The summed E-state index contributed by atoms with van der Waals surface area (Å²) in [7, 11) is 1.56. The Bertz CT molecular complexity index is 133. The van der Waals surface area contributed by atoms with Crippen molar-refractivity contribution in [2.45, 2.75) is 20.3 Å². The first-order chi connectivity index (χ1) is 6.24. The fourth-order valence-corrected chi connectivity index (χ4v) is 1.07. The second-order valence-corrected chi connectivity index (χ2v) is 2.81. The number of rotatable bonds is 8. The maximum atomic E-state index is 5.19. The Morgan fingerprint density at radius 1 is 1.31 bits per heavy atom. The highest BCUT2D eigenvalue weighted by atomic mass is 16.7. The van der Waals surface area contributed by atoms with Gasteiger partial charge in [0.2, 0.25) is 0 Å². The molecule has 0 aliphatic rings. The lowest BCUT2D eigenvalue weighted by Crippen LogP contribution is -2.24. The molecule has 0 aromatic rings. The highest BCUT2D eigenvalue weighted by molar-refractivity contribution is 4.66. The van der Waals surface area contributed by atoms with Gasteiger partial charge < -0.3 is 14.4 Å². The van der Waals surface area contributed by atoms with Gasteiger partial charge in [0.05, 0.1) is 13.7 Å². The third-order valence-corrected chi connectivity index (χ3v) is 2.00. The van der Waals surface area contributed by atoms with E-state index >= 15 is 0 Å². The number of methoxy groups -OCH3 is 1. The van der Waals surface area contributed by atoms with Crippen molar-refractivity contribution >= 4 is 0 Å². The van der Waals surface area contributed by atoms with E-state index in [1.807, 2.05) is 0 Å². The van der Waals surface area contributed by atoms with Crippen molar-refractivity contribution in [2.75, 3.05) is 33.4 Å². The third-order valence-electron chi connectivity index (χ3n) is 2.00. The second-order valence-electron chi connectivity index (χ2n) is 2.81. The van der Waals surface area contributed by atoms with Crippen LogP contribution in [0.15, 0.2) is 12.5 Å². The van der Waals surface area contributed by atoms with Crippen LogP contribution in [0.2, 0.25) is 0 Å². The molecule has 0 rings (SSSR count). The molecular formula is C10H21NO2. The van der Waals surface area contributed by atoms with Crippen molar-refractivity contribution < 1.29 is 9.47 Å². The largest absolute Gasteiger partial charge is 0.469 e. The Morgan fingerprint density at radius 2 is 1.92 bits per heavy atom. The summed E-state index contributed by atoms with van der Waals surface area (Å²) in [5, 5.41) is 0. The van der Waals surface area contributed by atoms with Crippen LogP contribution in [0.4, 0.5) is 0 Å². The summed E-state index contributed by atoms with van der Waals surface area (Å²) in [5.74, 6) is 0.402. The molecule has 0 radical (unpaired) electrons. The predicted octanol–water partition coefficient (Wildman–Crippen LogP) is 1.85. The smallest absolute Gasteiger partial charge is 0.271 e. The molecule has 3 heteroatoms. The Morgan fingerprint density at radius 3 is 2.38 bits per heavy atom. The maximum Gasteiger partial charge on any atom is 0.271 e. The molecule has 0 N–H and O–H groups in total. The first kappa shape index (κ1) is 12.3. The predicted molar refractivity (Wildman–Crippen MR) is 54.5 cm³/mol. The SMILES string of the molecule is C=C(OC)OCCCN(CC)CC. The molecule has 0 unspecified atom stereocenters. The van der Waals surface area contributed by atoms with Gasteiger partial charge in [-0.3, -0.25) is 0 Å². The molecule has 0 saturated carbocycles. The minimum Gasteiger partial charge on any atom is -0.469 e. The van der Waals surface area contributed by atoms with Crippen molar-refractivity contribution in [1.29, 1.82) is 0 Å². The van der Waals surface area contributed by atoms with Crippen molar-refractivity contribution in [2.24, 2.45) is 0 Å². The van der Waals surface area contributed by atoms with Crippen LogP contribution < -0.4 is 0 Å². The Balaban J connectivity index is 3.28. The van der Waals surface area contributed by atoms with Crippen molar-refractivity contribution in [3.05, 3.63) is 12.5 Å². The summed E-state index contributed by atoms with van der Waals surface area (Å²) in [5.41, 5.74) is 0. The molecule has 13 heavy (non-hydrogen) atoms. The number of ether oxygens (including phenoxy) is 2. The van der Waals surface area contributed by atoms with Gasteiger partial charge in [0.15, 0.2) is 0 Å². The van der Waals surface area contributed by atoms with Gasteiger partial charge in [-0.25, -0.2) is 0 Å². The van der Waals surface area contributed by atoms with Crippen LogP contribution in [0.3, 0.4) is 0 Å². The summed E-state index contributed by atoms with van der Waals surface area (Å²) in [6.45, 7) is 11.9. The fraction of sp³-hybridized carbons (Fsp3) is 0.800. The van der Waals surface area contributed by atoms with E-state index in [4.69, 9.17) is 9.47 Å². The van der Waals surface area contributed by atoms with Gasteiger partial charge in [0, 0.05) is 6.54 Å². The van der Waals surface area contributed by atoms with Gasteiger partial charge in [-0.2, -0.15) is 0 Å². The van der Waals surface area contributed by atoms with Gasteiger partial charge in [0.1, 0.15) is 0 Å². The topological polar surface area (TPSA) is 21.7 Å². The summed E-state index contributed by atoms with van der Waals surface area (Å²) >= 11 is 0. The summed E-state index contributed by atoms with van der Waals surface area (Å²) < 4.78 is 9.97. The summed E-state index contributed by atoms with van der Waals surface area (Å²) in [6.07, 6.45) is 1.02. The van der Waals surface area contributed by atoms with Crippen LogP contribution >= 0.6 is 0 Å². The molecule has 0 bridgehead atoms. The molecular weight excluding hydrogens is 166 g/mol. The summed E-state index contributed by atoms with van der Waals surface area (Å²) in [6, 6.07) is 0. The van der Waals surface area contributed by atoms with Gasteiger partial charge in [-0.15, -0.1) is 0 Å². The molecule has 3 nitrogen and oxygen atoms in total. The Kier molecular flexibility index (Phi) is 7.50. The molecule has 0 amide bonds. The molecule has 78 valence electrons. The number of hydrogen-bond acceptors (Lipinski definition) is 3. The second kappa shape index (κ2) is 7.92. The average Bonchev–Trinajstić information content (AvgIpc) is 2.18. The molecule has 0 aromatic heterocycles. The van der Waals surface area contributed by atoms with Crippen molar-refractivity contribution in [3.63, 3.8) is 0 Å². The van der Waals surface area contributed by atoms with Crippen LogP contribution in [0.1, 0.15) is 20.3 Å². The van der Waals surface area contributed by atoms with Gasteiger partial charge in [-0.05, 0) is 26.1 Å². The van der Waals surface area contributed by atoms with E-state index in [9.17, 15) is 0 Å². The van der Waals surface area contributed by atoms with E-state index in [0.29, 0.717) is 12.6 Å². The van der Waals surface area contributed by atoms with Crippen LogP contribution in [0.25, 0.3) is 0 Å². The van der Waals surface area contributed by atoms with Crippen molar-refractivity contribution in [3.8, 4) is 0 Å². The minimum atomic E-state index is 0.402. The lowest BCUT2D eigenvalue weighted by molar-refractivity contribution is 0.0592. The van der Waals surface area contributed by atoms with Gasteiger partial charge >= 0.3 is 0 Å². The monoisotopic (exact) mass is 187 g/mol. The number of nitrogens with zero attached hydrogens (tertiary/aromatic N) is 1. The van der Waals surface area contributed by atoms with E-state index in [0.717, 1.165) is 26.1 Å².